The number of hydrogen-bond acceptors (Lipinski definition) is 1. The van der Waals surface area contributed by atoms with Gasteiger partial charge in [-0.2, -0.15) is 0 Å². The summed E-state index contributed by atoms with van der Waals surface area (Å²) in [5.74, 6) is -1.02. The third kappa shape index (κ3) is 5.46. The van der Waals surface area contributed by atoms with Gasteiger partial charge >= 0.3 is 12.0 Å². The normalized spacial score (nSPS) is 13.3. The molecule has 0 radical (unpaired) electrons. The Balaban J connectivity index is 2.98. The van der Waals surface area contributed by atoms with Crippen LogP contribution in [0.5, 0.6) is 0 Å². The number of carboxylic acid groups (broad SMARTS) is 1. The Kier molecular flexibility index (Phi) is 5.35. The first-order valence-electron chi connectivity index (χ1n) is 6.36. The highest BCUT2D eigenvalue weighted by atomic mass is 35.5. The Labute approximate surface area is 124 Å². The van der Waals surface area contributed by atoms with Crippen molar-refractivity contribution in [2.45, 2.75) is 33.7 Å². The summed E-state index contributed by atoms with van der Waals surface area (Å²) in [7, 11) is 0. The second-order valence-electron chi connectivity index (χ2n) is 5.70. The summed E-state index contributed by atoms with van der Waals surface area (Å²) in [6.45, 7) is 7.67. The van der Waals surface area contributed by atoms with Crippen LogP contribution in [0, 0.1) is 11.5 Å². The van der Waals surface area contributed by atoms with Gasteiger partial charge in [0, 0.05) is 17.5 Å². The summed E-state index contributed by atoms with van der Waals surface area (Å²) in [4.78, 5) is 15.4. The van der Waals surface area contributed by atoms with Crippen molar-refractivity contribution in [3.8, 4) is 6.07 Å². The molecule has 0 bridgehead atoms. The molecule has 0 fully saturated rings. The van der Waals surface area contributed by atoms with Gasteiger partial charge in [0.25, 0.3) is 6.04 Å². The van der Waals surface area contributed by atoms with Crippen molar-refractivity contribution in [3.63, 3.8) is 0 Å². The first kappa shape index (κ1) is 16.3. The molecule has 1 atom stereocenters. The second kappa shape index (κ2) is 6.58. The van der Waals surface area contributed by atoms with E-state index in [1.165, 1.54) is 0 Å². The third-order valence-electron chi connectivity index (χ3n) is 2.54. The van der Waals surface area contributed by atoms with Crippen molar-refractivity contribution in [3.05, 3.63) is 51.3 Å². The lowest BCUT2D eigenvalue weighted by Gasteiger charge is -2.10. The zero-order chi connectivity index (χ0) is 15.3. The van der Waals surface area contributed by atoms with Gasteiger partial charge in [-0.15, -0.1) is 0 Å². The van der Waals surface area contributed by atoms with E-state index >= 15 is 0 Å². The summed E-state index contributed by atoms with van der Waals surface area (Å²) in [5, 5.41) is 9.81. The van der Waals surface area contributed by atoms with Crippen LogP contribution in [0.3, 0.4) is 0 Å². The monoisotopic (exact) mass is 292 g/mol. The van der Waals surface area contributed by atoms with Gasteiger partial charge in [0.1, 0.15) is 0 Å². The van der Waals surface area contributed by atoms with Crippen LogP contribution in [0.4, 0.5) is 0 Å². The van der Waals surface area contributed by atoms with Gasteiger partial charge < -0.3 is 5.11 Å². The van der Waals surface area contributed by atoms with Crippen molar-refractivity contribution in [1.29, 1.82) is 0 Å². The summed E-state index contributed by atoms with van der Waals surface area (Å²) in [6, 6.07) is 9.77. The van der Waals surface area contributed by atoms with Crippen LogP contribution < -0.4 is 0 Å². The Morgan fingerprint density at radius 1 is 1.35 bits per heavy atom. The maximum atomic E-state index is 11.2. The summed E-state index contributed by atoms with van der Waals surface area (Å²) >= 11 is 5.82. The van der Waals surface area contributed by atoms with Gasteiger partial charge in [-0.1, -0.05) is 37.2 Å². The molecule has 0 aromatic heterocycles. The largest absolute Gasteiger partial charge is 0.477 e. The number of carboxylic acids is 1. The Bertz CT molecular complexity index is 571. The van der Waals surface area contributed by atoms with Crippen molar-refractivity contribution < 1.29 is 9.90 Å². The van der Waals surface area contributed by atoms with E-state index in [0.717, 1.165) is 5.56 Å². The molecule has 106 valence electrons. The number of hydrogen-bond donors (Lipinski definition) is 1. The molecule has 1 aromatic carbocycles. The van der Waals surface area contributed by atoms with Crippen LogP contribution >= 0.6 is 11.6 Å². The summed E-state index contributed by atoms with van der Waals surface area (Å²) in [5.41, 5.74) is 0.806. The molecular weight excluding hydrogens is 274 g/mol. The van der Waals surface area contributed by atoms with Crippen molar-refractivity contribution in [2.24, 2.45) is 5.41 Å². The molecule has 1 rings (SSSR count). The van der Waals surface area contributed by atoms with E-state index in [1.54, 1.807) is 18.2 Å². The molecule has 0 spiro atoms. The molecule has 0 aliphatic heterocycles. The number of halogens is 1. The van der Waals surface area contributed by atoms with Crippen LogP contribution in [0.25, 0.3) is 4.85 Å². The lowest BCUT2D eigenvalue weighted by molar-refractivity contribution is -0.132. The second-order valence-corrected chi connectivity index (χ2v) is 6.13. The number of carbonyl (C=O) groups is 1. The highest BCUT2D eigenvalue weighted by molar-refractivity contribution is 6.30. The Morgan fingerprint density at radius 2 is 1.90 bits per heavy atom. The maximum absolute atomic E-state index is 11.2. The van der Waals surface area contributed by atoms with Gasteiger partial charge in [0.05, 0.1) is 0 Å². The maximum Gasteiger partial charge on any atom is 0.350 e. The lowest BCUT2D eigenvalue weighted by atomic mass is 9.94. The zero-order valence-corrected chi connectivity index (χ0v) is 12.9. The van der Waals surface area contributed by atoms with E-state index in [9.17, 15) is 4.79 Å². The van der Waals surface area contributed by atoms with E-state index in [1.807, 2.05) is 39.8 Å². The number of benzene rings is 1. The molecule has 1 unspecified atom stereocenters. The smallest absolute Gasteiger partial charge is 0.350 e. The highest BCUT2D eigenvalue weighted by Gasteiger charge is 2.18. The van der Waals surface area contributed by atoms with E-state index in [2.05, 4.69) is 10.9 Å². The molecule has 0 amide bonds. The first-order valence-corrected chi connectivity index (χ1v) is 6.74. The molecular formula is C16H19ClNO2+. The molecule has 0 aliphatic carbocycles. The molecule has 1 aromatic rings. The first-order chi connectivity index (χ1) is 9.19. The van der Waals surface area contributed by atoms with Gasteiger partial charge in [-0.05, 0) is 35.8 Å². The molecule has 1 N–H and O–H groups in total. The van der Waals surface area contributed by atoms with Crippen LogP contribution in [0.15, 0.2) is 35.9 Å². The van der Waals surface area contributed by atoms with Crippen LogP contribution in [-0.2, 0) is 4.79 Å². The number of nitrogens with zero attached hydrogens (tertiary/aromatic N) is 1. The highest BCUT2D eigenvalue weighted by Crippen LogP contribution is 2.21. The average molecular weight is 293 g/mol. The zero-order valence-electron chi connectivity index (χ0n) is 12.1. The number of rotatable bonds is 2. The van der Waals surface area contributed by atoms with E-state index in [4.69, 9.17) is 16.7 Å². The Morgan fingerprint density at radius 3 is 2.35 bits per heavy atom. The van der Waals surface area contributed by atoms with E-state index < -0.39 is 5.97 Å². The Hall–Kier alpha value is -1.79. The predicted molar refractivity (Wildman–Crippen MR) is 82.3 cm³/mol. The molecule has 3 nitrogen and oxygen atoms in total. The fourth-order valence-electron chi connectivity index (χ4n) is 1.56. The topological polar surface area (TPSA) is 41.7 Å². The quantitative estimate of drug-likeness (QED) is 0.629. The number of allylic oxidation sites excluding steroid dienone is 1. The van der Waals surface area contributed by atoms with Gasteiger partial charge in [0.2, 0.25) is 0 Å². The minimum atomic E-state index is -1.02. The third-order valence-corrected chi connectivity index (χ3v) is 2.79. The van der Waals surface area contributed by atoms with Gasteiger partial charge in [-0.3, -0.25) is 0 Å². The molecule has 0 heterocycles. The molecule has 20 heavy (non-hydrogen) atoms. The van der Waals surface area contributed by atoms with Crippen LogP contribution in [-0.4, -0.2) is 11.1 Å². The summed E-state index contributed by atoms with van der Waals surface area (Å²) in [6.07, 6.45) is 1.65. The van der Waals surface area contributed by atoms with E-state index in [-0.39, 0.29) is 17.0 Å². The number of aliphatic carboxylic acids is 1. The average Bonchev–Trinajstić information content (AvgIpc) is 2.33. The lowest BCUT2D eigenvalue weighted by Crippen LogP contribution is -2.06. The van der Waals surface area contributed by atoms with Crippen molar-refractivity contribution in [1.82, 2.24) is 0 Å². The fourth-order valence-corrected chi connectivity index (χ4v) is 1.68. The SMILES string of the molecule is CC([N+]#CC(=CC(C)(C)C)C(=O)O)c1ccc(Cl)cc1. The molecule has 0 aliphatic rings. The summed E-state index contributed by atoms with van der Waals surface area (Å²) < 4.78 is 0. The molecule has 0 saturated carbocycles. The van der Waals surface area contributed by atoms with Crippen LogP contribution in [0.1, 0.15) is 39.3 Å². The van der Waals surface area contributed by atoms with Crippen molar-refractivity contribution in [2.75, 3.05) is 0 Å². The molecule has 4 heteroatoms. The predicted octanol–water partition coefficient (Wildman–Crippen LogP) is 4.79. The standard InChI is InChI=1S/C16H18ClNO2/c1-11(12-5-7-14(17)8-6-12)18-10-13(15(19)20)9-16(2,3)4/h5-9,11H,1-4H3/p+1. The van der Waals surface area contributed by atoms with Crippen LogP contribution in [0.2, 0.25) is 5.02 Å². The van der Waals surface area contributed by atoms with Crippen molar-refractivity contribution >= 4 is 17.6 Å². The van der Waals surface area contributed by atoms with Gasteiger partial charge in [0.15, 0.2) is 5.57 Å². The minimum Gasteiger partial charge on any atom is -0.477 e. The fraction of sp³-hybridized carbons (Fsp3) is 0.375. The van der Waals surface area contributed by atoms with E-state index in [0.29, 0.717) is 5.02 Å². The molecule has 0 saturated heterocycles. The van der Waals surface area contributed by atoms with Gasteiger partial charge in [-0.25, -0.2) is 4.79 Å². The minimum absolute atomic E-state index is 0.0818.